The first-order chi connectivity index (χ1) is 6.24. The minimum absolute atomic E-state index is 0.643. The van der Waals surface area contributed by atoms with E-state index in [0.29, 0.717) is 6.54 Å². The molecule has 1 heterocycles. The van der Waals surface area contributed by atoms with Crippen LogP contribution in [0.5, 0.6) is 0 Å². The van der Waals surface area contributed by atoms with Gasteiger partial charge in [0, 0.05) is 10.7 Å². The summed E-state index contributed by atoms with van der Waals surface area (Å²) in [5.74, 6) is 6.60. The van der Waals surface area contributed by atoms with Crippen molar-refractivity contribution in [3.8, 4) is 11.8 Å². The van der Waals surface area contributed by atoms with Crippen molar-refractivity contribution in [3.63, 3.8) is 0 Å². The maximum atomic E-state index is 4.19. The third-order valence-electron chi connectivity index (χ3n) is 1.58. The van der Waals surface area contributed by atoms with Gasteiger partial charge in [0.15, 0.2) is 0 Å². The van der Waals surface area contributed by atoms with Crippen LogP contribution in [0.2, 0.25) is 0 Å². The summed E-state index contributed by atoms with van der Waals surface area (Å²) < 4.78 is 1.03. The molecule has 13 heavy (non-hydrogen) atoms. The molecule has 0 atom stereocenters. The van der Waals surface area contributed by atoms with Crippen LogP contribution in [0, 0.1) is 18.8 Å². The van der Waals surface area contributed by atoms with Crippen molar-refractivity contribution < 1.29 is 0 Å². The van der Waals surface area contributed by atoms with Crippen LogP contribution in [-0.4, -0.2) is 11.5 Å². The van der Waals surface area contributed by atoms with Crippen LogP contribution < -0.4 is 5.32 Å². The van der Waals surface area contributed by atoms with Gasteiger partial charge in [-0.05, 0) is 41.4 Å². The normalized spacial score (nSPS) is 8.85. The molecule has 0 radical (unpaired) electrons. The van der Waals surface area contributed by atoms with Gasteiger partial charge in [-0.15, -0.1) is 5.92 Å². The van der Waals surface area contributed by atoms with Crippen molar-refractivity contribution in [3.05, 3.63) is 22.3 Å². The van der Waals surface area contributed by atoms with Gasteiger partial charge in [-0.25, -0.2) is 4.98 Å². The molecule has 1 aromatic rings. The highest BCUT2D eigenvalue weighted by molar-refractivity contribution is 9.10. The highest BCUT2D eigenvalue weighted by atomic mass is 79.9. The lowest BCUT2D eigenvalue weighted by atomic mass is 10.3. The smallest absolute Gasteiger partial charge is 0.126 e. The SMILES string of the molecule is CC#CCNc1cc(C)c(Br)cn1. The number of aromatic nitrogens is 1. The van der Waals surface area contributed by atoms with Gasteiger partial charge in [-0.2, -0.15) is 0 Å². The Morgan fingerprint density at radius 3 is 3.00 bits per heavy atom. The van der Waals surface area contributed by atoms with Gasteiger partial charge < -0.3 is 5.32 Å². The molecule has 0 saturated carbocycles. The average Bonchev–Trinajstić information content (AvgIpc) is 2.12. The Kier molecular flexibility index (Phi) is 3.78. The summed E-state index contributed by atoms with van der Waals surface area (Å²) in [7, 11) is 0. The first-order valence-electron chi connectivity index (χ1n) is 3.99. The lowest BCUT2D eigenvalue weighted by molar-refractivity contribution is 1.21. The van der Waals surface area contributed by atoms with E-state index in [1.54, 1.807) is 6.20 Å². The number of anilines is 1. The number of halogens is 1. The predicted molar refractivity (Wildman–Crippen MR) is 58.6 cm³/mol. The molecule has 0 saturated heterocycles. The van der Waals surface area contributed by atoms with E-state index in [1.807, 2.05) is 19.9 Å². The number of aryl methyl sites for hydroxylation is 1. The molecule has 3 heteroatoms. The Labute approximate surface area is 86.9 Å². The summed E-state index contributed by atoms with van der Waals surface area (Å²) in [4.78, 5) is 4.19. The maximum absolute atomic E-state index is 4.19. The van der Waals surface area contributed by atoms with E-state index in [0.717, 1.165) is 10.3 Å². The third kappa shape index (κ3) is 3.08. The summed E-state index contributed by atoms with van der Waals surface area (Å²) >= 11 is 3.39. The lowest BCUT2D eigenvalue weighted by Gasteiger charge is -2.03. The Morgan fingerprint density at radius 1 is 1.62 bits per heavy atom. The molecule has 0 amide bonds. The van der Waals surface area contributed by atoms with E-state index in [2.05, 4.69) is 38.1 Å². The molecule has 0 aliphatic heterocycles. The zero-order chi connectivity index (χ0) is 9.68. The average molecular weight is 239 g/mol. The molecule has 2 nitrogen and oxygen atoms in total. The van der Waals surface area contributed by atoms with Gasteiger partial charge >= 0.3 is 0 Å². The number of nitrogens with one attached hydrogen (secondary N) is 1. The van der Waals surface area contributed by atoms with Crippen LogP contribution >= 0.6 is 15.9 Å². The van der Waals surface area contributed by atoms with Crippen LogP contribution in [-0.2, 0) is 0 Å². The fourth-order valence-corrected chi connectivity index (χ4v) is 1.08. The number of nitrogens with zero attached hydrogens (tertiary/aromatic N) is 1. The Bertz CT molecular complexity index is 350. The molecule has 0 aliphatic rings. The second kappa shape index (κ2) is 4.88. The molecule has 1 rings (SSSR count). The van der Waals surface area contributed by atoms with Crippen molar-refractivity contribution >= 4 is 21.7 Å². The summed E-state index contributed by atoms with van der Waals surface area (Å²) in [6.07, 6.45) is 1.79. The topological polar surface area (TPSA) is 24.9 Å². The fraction of sp³-hybridized carbons (Fsp3) is 0.300. The van der Waals surface area contributed by atoms with Crippen LogP contribution in [0.1, 0.15) is 12.5 Å². The van der Waals surface area contributed by atoms with E-state index < -0.39 is 0 Å². The predicted octanol–water partition coefficient (Wildman–Crippen LogP) is 2.59. The van der Waals surface area contributed by atoms with Crippen LogP contribution in [0.15, 0.2) is 16.7 Å². The molecular weight excluding hydrogens is 228 g/mol. The van der Waals surface area contributed by atoms with Crippen molar-refractivity contribution in [1.82, 2.24) is 4.98 Å². The van der Waals surface area contributed by atoms with Gasteiger partial charge in [-0.3, -0.25) is 0 Å². The number of hydrogen-bond acceptors (Lipinski definition) is 2. The molecule has 0 spiro atoms. The fourth-order valence-electron chi connectivity index (χ4n) is 0.859. The van der Waals surface area contributed by atoms with Crippen molar-refractivity contribution in [2.45, 2.75) is 13.8 Å². The van der Waals surface area contributed by atoms with Gasteiger partial charge in [0.1, 0.15) is 5.82 Å². The maximum Gasteiger partial charge on any atom is 0.126 e. The molecular formula is C10H11BrN2. The third-order valence-corrected chi connectivity index (χ3v) is 2.41. The highest BCUT2D eigenvalue weighted by Crippen LogP contribution is 2.16. The number of hydrogen-bond donors (Lipinski definition) is 1. The molecule has 0 fully saturated rings. The van der Waals surface area contributed by atoms with Crippen molar-refractivity contribution in [2.75, 3.05) is 11.9 Å². The molecule has 0 unspecified atom stereocenters. The van der Waals surface area contributed by atoms with E-state index in [4.69, 9.17) is 0 Å². The summed E-state index contributed by atoms with van der Waals surface area (Å²) in [5, 5.41) is 3.11. The van der Waals surface area contributed by atoms with Crippen LogP contribution in [0.3, 0.4) is 0 Å². The minimum Gasteiger partial charge on any atom is -0.359 e. The van der Waals surface area contributed by atoms with E-state index >= 15 is 0 Å². The Morgan fingerprint density at radius 2 is 2.38 bits per heavy atom. The summed E-state index contributed by atoms with van der Waals surface area (Å²) in [5.41, 5.74) is 1.17. The quantitative estimate of drug-likeness (QED) is 0.802. The monoisotopic (exact) mass is 238 g/mol. The molecule has 0 aromatic carbocycles. The zero-order valence-corrected chi connectivity index (χ0v) is 9.27. The van der Waals surface area contributed by atoms with Gasteiger partial charge in [-0.1, -0.05) is 5.92 Å². The summed E-state index contributed by atoms with van der Waals surface area (Å²) in [6, 6.07) is 1.99. The molecule has 1 N–H and O–H groups in total. The van der Waals surface area contributed by atoms with Gasteiger partial charge in [0.25, 0.3) is 0 Å². The second-order valence-electron chi connectivity index (χ2n) is 2.60. The lowest BCUT2D eigenvalue weighted by Crippen LogP contribution is -2.00. The second-order valence-corrected chi connectivity index (χ2v) is 3.45. The zero-order valence-electron chi connectivity index (χ0n) is 7.69. The van der Waals surface area contributed by atoms with E-state index in [-0.39, 0.29) is 0 Å². The molecule has 0 aliphatic carbocycles. The van der Waals surface area contributed by atoms with Crippen LogP contribution in [0.4, 0.5) is 5.82 Å². The summed E-state index contributed by atoms with van der Waals surface area (Å²) in [6.45, 7) is 4.49. The first-order valence-corrected chi connectivity index (χ1v) is 4.79. The van der Waals surface area contributed by atoms with E-state index in [1.165, 1.54) is 5.56 Å². The largest absolute Gasteiger partial charge is 0.359 e. The van der Waals surface area contributed by atoms with Crippen LogP contribution in [0.25, 0.3) is 0 Å². The standard InChI is InChI=1S/C10H11BrN2/c1-3-4-5-12-10-6-8(2)9(11)7-13-10/h6-7H,5H2,1-2H3,(H,12,13). The van der Waals surface area contributed by atoms with E-state index in [9.17, 15) is 0 Å². The molecule has 68 valence electrons. The highest BCUT2D eigenvalue weighted by Gasteiger charge is 1.96. The number of rotatable bonds is 2. The van der Waals surface area contributed by atoms with Gasteiger partial charge in [0.2, 0.25) is 0 Å². The Hall–Kier alpha value is -1.01. The van der Waals surface area contributed by atoms with Gasteiger partial charge in [0.05, 0.1) is 6.54 Å². The minimum atomic E-state index is 0.643. The molecule has 1 aromatic heterocycles. The first kappa shape index (κ1) is 10.1. The molecule has 0 bridgehead atoms. The number of pyridine rings is 1. The Balaban J connectivity index is 2.66. The van der Waals surface area contributed by atoms with Crippen molar-refractivity contribution in [2.24, 2.45) is 0 Å². The van der Waals surface area contributed by atoms with Crippen molar-refractivity contribution in [1.29, 1.82) is 0 Å².